The van der Waals surface area contributed by atoms with Gasteiger partial charge in [0.15, 0.2) is 5.96 Å². The summed E-state index contributed by atoms with van der Waals surface area (Å²) in [5.41, 5.74) is 3.78. The van der Waals surface area contributed by atoms with Gasteiger partial charge in [-0.3, -0.25) is 9.89 Å². The molecule has 0 unspecified atom stereocenters. The van der Waals surface area contributed by atoms with Gasteiger partial charge in [0.05, 0.1) is 13.2 Å². The topological polar surface area (TPSA) is 52.1 Å². The van der Waals surface area contributed by atoms with Crippen LogP contribution in [0.25, 0.3) is 0 Å². The molecule has 0 amide bonds. The molecule has 7 heteroatoms. The minimum atomic E-state index is 0. The fourth-order valence-corrected chi connectivity index (χ4v) is 2.80. The van der Waals surface area contributed by atoms with Crippen LogP contribution in [0.4, 0.5) is 5.69 Å². The predicted octanol–water partition coefficient (Wildman–Crippen LogP) is 1.68. The van der Waals surface area contributed by atoms with Gasteiger partial charge in [-0.25, -0.2) is 0 Å². The van der Waals surface area contributed by atoms with Crippen LogP contribution in [0.3, 0.4) is 0 Å². The molecule has 0 bridgehead atoms. The lowest BCUT2D eigenvalue weighted by Gasteiger charge is -2.26. The summed E-state index contributed by atoms with van der Waals surface area (Å²) in [5.74, 6) is 0.841. The van der Waals surface area contributed by atoms with Crippen molar-refractivity contribution in [1.29, 1.82) is 0 Å². The van der Waals surface area contributed by atoms with Crippen molar-refractivity contribution in [3.05, 3.63) is 29.3 Å². The quantitative estimate of drug-likeness (QED) is 0.384. The van der Waals surface area contributed by atoms with Crippen LogP contribution in [0.15, 0.2) is 23.2 Å². The normalized spacial score (nSPS) is 15.4. The molecule has 1 aromatic rings. The fraction of sp³-hybridized carbons (Fsp3) is 0.611. The lowest BCUT2D eigenvalue weighted by atomic mass is 10.1. The third-order valence-electron chi connectivity index (χ3n) is 4.22. The number of aliphatic imine (C=N–C) groups is 1. The van der Waals surface area contributed by atoms with Gasteiger partial charge in [0.1, 0.15) is 0 Å². The summed E-state index contributed by atoms with van der Waals surface area (Å²) in [5, 5.41) is 6.80. The van der Waals surface area contributed by atoms with Gasteiger partial charge in [-0.2, -0.15) is 0 Å². The molecule has 2 N–H and O–H groups in total. The predicted molar refractivity (Wildman–Crippen MR) is 116 cm³/mol. The molecule has 0 aliphatic carbocycles. The molecule has 1 fully saturated rings. The van der Waals surface area contributed by atoms with Crippen molar-refractivity contribution in [2.75, 3.05) is 65.4 Å². The fourth-order valence-electron chi connectivity index (χ4n) is 2.80. The highest BCUT2D eigenvalue weighted by Gasteiger charge is 2.10. The highest BCUT2D eigenvalue weighted by Crippen LogP contribution is 2.20. The summed E-state index contributed by atoms with van der Waals surface area (Å²) in [6.45, 7) is 8.49. The molecule has 1 aliphatic rings. The summed E-state index contributed by atoms with van der Waals surface area (Å²) < 4.78 is 5.37. The molecule has 1 aromatic carbocycles. The van der Waals surface area contributed by atoms with Crippen molar-refractivity contribution in [1.82, 2.24) is 15.5 Å². The van der Waals surface area contributed by atoms with E-state index >= 15 is 0 Å². The molecule has 0 radical (unpaired) electrons. The van der Waals surface area contributed by atoms with E-state index < -0.39 is 0 Å². The van der Waals surface area contributed by atoms with Crippen LogP contribution in [-0.4, -0.2) is 71.4 Å². The van der Waals surface area contributed by atoms with Crippen LogP contribution >= 0.6 is 24.0 Å². The second-order valence-corrected chi connectivity index (χ2v) is 6.33. The zero-order valence-corrected chi connectivity index (χ0v) is 18.2. The zero-order valence-electron chi connectivity index (χ0n) is 15.8. The molecule has 2 rings (SSSR count). The monoisotopic (exact) mass is 461 g/mol. The summed E-state index contributed by atoms with van der Waals surface area (Å²) >= 11 is 0. The van der Waals surface area contributed by atoms with Crippen molar-refractivity contribution in [2.24, 2.45) is 4.99 Å². The Morgan fingerprint density at radius 1 is 1.24 bits per heavy atom. The number of aryl methyl sites for hydroxylation is 1. The molecule has 6 nitrogen and oxygen atoms in total. The smallest absolute Gasteiger partial charge is 0.191 e. The van der Waals surface area contributed by atoms with Crippen LogP contribution in [0.1, 0.15) is 11.1 Å². The van der Waals surface area contributed by atoms with Crippen LogP contribution in [0.2, 0.25) is 0 Å². The summed E-state index contributed by atoms with van der Waals surface area (Å²) in [6, 6.07) is 6.54. The van der Waals surface area contributed by atoms with E-state index in [1.165, 1.54) is 16.8 Å². The van der Waals surface area contributed by atoms with Gasteiger partial charge in [-0.15, -0.1) is 24.0 Å². The minimum Gasteiger partial charge on any atom is -0.379 e. The average Bonchev–Trinajstić information content (AvgIpc) is 2.59. The van der Waals surface area contributed by atoms with Gasteiger partial charge in [0.2, 0.25) is 0 Å². The number of hydrogen-bond donors (Lipinski definition) is 2. The number of rotatable bonds is 6. The molecule has 0 saturated carbocycles. The number of nitrogens with zero attached hydrogens (tertiary/aromatic N) is 3. The number of ether oxygens (including phenoxy) is 1. The highest BCUT2D eigenvalue weighted by molar-refractivity contribution is 14.0. The van der Waals surface area contributed by atoms with Crippen molar-refractivity contribution in [3.8, 4) is 0 Å². The Bertz CT molecular complexity index is 544. The Hall–Kier alpha value is -1.06. The first kappa shape index (κ1) is 22.0. The van der Waals surface area contributed by atoms with Gasteiger partial charge >= 0.3 is 0 Å². The van der Waals surface area contributed by atoms with E-state index in [4.69, 9.17) is 4.74 Å². The van der Waals surface area contributed by atoms with E-state index in [0.717, 1.165) is 51.9 Å². The average molecular weight is 461 g/mol. The van der Waals surface area contributed by atoms with Crippen molar-refractivity contribution in [2.45, 2.75) is 13.5 Å². The first-order valence-electron chi connectivity index (χ1n) is 8.61. The number of hydrogen-bond acceptors (Lipinski definition) is 4. The van der Waals surface area contributed by atoms with Crippen LogP contribution < -0.4 is 15.5 Å². The zero-order chi connectivity index (χ0) is 17.4. The summed E-state index contributed by atoms with van der Waals surface area (Å²) in [6.07, 6.45) is 0. The Morgan fingerprint density at radius 3 is 2.60 bits per heavy atom. The molecule has 0 atom stereocenters. The number of morpholine rings is 1. The molecule has 0 spiro atoms. The van der Waals surface area contributed by atoms with Gasteiger partial charge < -0.3 is 20.3 Å². The molecular formula is C18H32IN5O. The number of guanidine groups is 1. The van der Waals surface area contributed by atoms with E-state index in [9.17, 15) is 0 Å². The molecule has 1 saturated heterocycles. The highest BCUT2D eigenvalue weighted by atomic mass is 127. The number of halogens is 1. The number of nitrogens with one attached hydrogen (secondary N) is 2. The van der Waals surface area contributed by atoms with Gasteiger partial charge in [0, 0.05) is 59.6 Å². The third kappa shape index (κ3) is 7.37. The van der Waals surface area contributed by atoms with E-state index in [1.807, 2.05) is 7.05 Å². The summed E-state index contributed by atoms with van der Waals surface area (Å²) in [4.78, 5) is 8.88. The maximum absolute atomic E-state index is 5.37. The Balaban J connectivity index is 0.00000312. The van der Waals surface area contributed by atoms with Crippen molar-refractivity contribution in [3.63, 3.8) is 0 Å². The Kier molecular flexibility index (Phi) is 10.1. The van der Waals surface area contributed by atoms with E-state index in [0.29, 0.717) is 0 Å². The summed E-state index contributed by atoms with van der Waals surface area (Å²) in [7, 11) is 5.97. The first-order chi connectivity index (χ1) is 11.6. The standard InChI is InChI=1S/C18H31N5O.HI/c1-15-5-6-16(17(13-15)22(3)4)14-21-18(19-2)20-7-8-23-9-11-24-12-10-23;/h5-6,13H,7-12,14H2,1-4H3,(H2,19,20,21);1H. The SMILES string of the molecule is CN=C(NCCN1CCOCC1)NCc1ccc(C)cc1N(C)C.I. The van der Waals surface area contributed by atoms with Gasteiger partial charge in [-0.05, 0) is 24.1 Å². The van der Waals surface area contributed by atoms with Crippen LogP contribution in [0.5, 0.6) is 0 Å². The molecule has 1 aliphatic heterocycles. The second kappa shape index (κ2) is 11.5. The lowest BCUT2D eigenvalue weighted by Crippen LogP contribution is -2.44. The van der Waals surface area contributed by atoms with Crippen LogP contribution in [0, 0.1) is 6.92 Å². The molecule has 25 heavy (non-hydrogen) atoms. The van der Waals surface area contributed by atoms with Crippen LogP contribution in [-0.2, 0) is 11.3 Å². The van der Waals surface area contributed by atoms with Gasteiger partial charge in [-0.1, -0.05) is 12.1 Å². The molecular weight excluding hydrogens is 429 g/mol. The third-order valence-corrected chi connectivity index (χ3v) is 4.22. The molecule has 0 aromatic heterocycles. The van der Waals surface area contributed by atoms with E-state index in [1.54, 1.807) is 0 Å². The second-order valence-electron chi connectivity index (χ2n) is 6.33. The maximum atomic E-state index is 5.37. The van der Waals surface area contributed by atoms with E-state index in [-0.39, 0.29) is 24.0 Å². The molecule has 1 heterocycles. The lowest BCUT2D eigenvalue weighted by molar-refractivity contribution is 0.0389. The first-order valence-corrected chi connectivity index (χ1v) is 8.61. The van der Waals surface area contributed by atoms with E-state index in [2.05, 4.69) is 64.6 Å². The van der Waals surface area contributed by atoms with Gasteiger partial charge in [0.25, 0.3) is 0 Å². The Labute approximate surface area is 169 Å². The number of benzene rings is 1. The Morgan fingerprint density at radius 2 is 1.96 bits per heavy atom. The number of anilines is 1. The van der Waals surface area contributed by atoms with Crippen molar-refractivity contribution >= 4 is 35.6 Å². The minimum absolute atomic E-state index is 0. The largest absolute Gasteiger partial charge is 0.379 e. The van der Waals surface area contributed by atoms with Crippen molar-refractivity contribution < 1.29 is 4.74 Å². The maximum Gasteiger partial charge on any atom is 0.191 e. The molecule has 142 valence electrons.